The summed E-state index contributed by atoms with van der Waals surface area (Å²) in [6.07, 6.45) is 1.34. The molecule has 1 heterocycles. The minimum atomic E-state index is -1.42. The van der Waals surface area contributed by atoms with Crippen molar-refractivity contribution in [1.82, 2.24) is 20.9 Å². The van der Waals surface area contributed by atoms with Crippen LogP contribution in [0, 0.1) is 5.92 Å². The average Bonchev–Trinajstić information content (AvgIpc) is 3.33. The van der Waals surface area contributed by atoms with E-state index in [4.69, 9.17) is 11.5 Å². The van der Waals surface area contributed by atoms with Gasteiger partial charge in [0.25, 0.3) is 0 Å². The van der Waals surface area contributed by atoms with Crippen LogP contribution in [0.3, 0.4) is 0 Å². The number of aromatic amines is 1. The molecule has 12 heteroatoms. The fourth-order valence-corrected chi connectivity index (χ4v) is 4.42. The molecule has 0 aliphatic carbocycles. The standard InChI is InChI=1S/C29H36N6O6/c1-16(2)25(29(40)41)35-28(39)22(13-18-15-32-21-11-7-6-10-19(18)21)34-27(38)23(14-24(31)36)33-26(37)20(30)12-17-8-4-3-5-9-17/h3-11,15-16,20,22-23,25,32H,12-14,30H2,1-2H3,(H2,31,36)(H,33,37)(H,34,38)(H,35,39)(H,40,41). The number of rotatable bonds is 14. The van der Waals surface area contributed by atoms with Gasteiger partial charge in [-0.15, -0.1) is 0 Å². The van der Waals surface area contributed by atoms with Crippen LogP contribution in [0.1, 0.15) is 31.4 Å². The Kier molecular flexibility index (Phi) is 10.6. The Morgan fingerprint density at radius 1 is 0.829 bits per heavy atom. The number of primary amides is 1. The molecule has 2 aromatic carbocycles. The number of para-hydroxylation sites is 1. The van der Waals surface area contributed by atoms with Crippen LogP contribution in [-0.2, 0) is 36.8 Å². The third-order valence-electron chi connectivity index (χ3n) is 6.64. The molecule has 0 saturated carbocycles. The first-order valence-corrected chi connectivity index (χ1v) is 13.2. The Morgan fingerprint density at radius 2 is 1.44 bits per heavy atom. The van der Waals surface area contributed by atoms with Crippen LogP contribution < -0.4 is 27.4 Å². The van der Waals surface area contributed by atoms with E-state index in [2.05, 4.69) is 20.9 Å². The summed E-state index contributed by atoms with van der Waals surface area (Å²) in [5.74, 6) is -4.79. The van der Waals surface area contributed by atoms with Crippen molar-refractivity contribution >= 4 is 40.5 Å². The van der Waals surface area contributed by atoms with Crippen LogP contribution in [0.2, 0.25) is 0 Å². The first-order chi connectivity index (χ1) is 19.5. The van der Waals surface area contributed by atoms with Crippen molar-refractivity contribution < 1.29 is 29.1 Å². The lowest BCUT2D eigenvalue weighted by molar-refractivity contribution is -0.143. The quantitative estimate of drug-likeness (QED) is 0.146. The maximum Gasteiger partial charge on any atom is 0.326 e. The van der Waals surface area contributed by atoms with E-state index in [1.807, 2.05) is 30.3 Å². The van der Waals surface area contributed by atoms with Gasteiger partial charge in [-0.25, -0.2) is 4.79 Å². The molecule has 0 aliphatic rings. The van der Waals surface area contributed by atoms with Crippen LogP contribution in [0.5, 0.6) is 0 Å². The van der Waals surface area contributed by atoms with Gasteiger partial charge in [-0.05, 0) is 29.5 Å². The van der Waals surface area contributed by atoms with E-state index in [-0.39, 0.29) is 12.8 Å². The molecular formula is C29H36N6O6. The zero-order chi connectivity index (χ0) is 30.1. The first kappa shape index (κ1) is 30.8. The van der Waals surface area contributed by atoms with Crippen molar-refractivity contribution in [3.63, 3.8) is 0 Å². The number of nitrogens with one attached hydrogen (secondary N) is 4. The zero-order valence-corrected chi connectivity index (χ0v) is 22.9. The smallest absolute Gasteiger partial charge is 0.326 e. The van der Waals surface area contributed by atoms with Gasteiger partial charge in [0, 0.05) is 23.5 Å². The predicted molar refractivity (Wildman–Crippen MR) is 152 cm³/mol. The third-order valence-corrected chi connectivity index (χ3v) is 6.64. The largest absolute Gasteiger partial charge is 0.480 e. The summed E-state index contributed by atoms with van der Waals surface area (Å²) in [6, 6.07) is 11.5. The summed E-state index contributed by atoms with van der Waals surface area (Å²) in [4.78, 5) is 66.2. The summed E-state index contributed by atoms with van der Waals surface area (Å²) in [7, 11) is 0. The van der Waals surface area contributed by atoms with E-state index in [9.17, 15) is 29.1 Å². The lowest BCUT2D eigenvalue weighted by Crippen LogP contribution is -2.58. The van der Waals surface area contributed by atoms with Gasteiger partial charge in [-0.2, -0.15) is 0 Å². The molecule has 4 unspecified atom stereocenters. The van der Waals surface area contributed by atoms with Crippen molar-refractivity contribution in [2.24, 2.45) is 17.4 Å². The highest BCUT2D eigenvalue weighted by molar-refractivity contribution is 5.96. The molecule has 3 rings (SSSR count). The van der Waals surface area contributed by atoms with Gasteiger partial charge >= 0.3 is 5.97 Å². The SMILES string of the molecule is CC(C)C(NC(=O)C(Cc1c[nH]c2ccccc12)NC(=O)C(CC(N)=O)NC(=O)C(N)Cc1ccccc1)C(=O)O. The number of carbonyl (C=O) groups is 5. The normalized spacial score (nSPS) is 14.0. The second-order valence-corrected chi connectivity index (χ2v) is 10.2. The van der Waals surface area contributed by atoms with Gasteiger partial charge in [0.05, 0.1) is 12.5 Å². The Balaban J connectivity index is 1.82. The summed E-state index contributed by atoms with van der Waals surface area (Å²) < 4.78 is 0. The Hall–Kier alpha value is -4.71. The highest BCUT2D eigenvalue weighted by atomic mass is 16.4. The van der Waals surface area contributed by atoms with E-state index in [0.717, 1.165) is 16.5 Å². The van der Waals surface area contributed by atoms with Gasteiger partial charge in [-0.1, -0.05) is 62.4 Å². The zero-order valence-electron chi connectivity index (χ0n) is 22.9. The van der Waals surface area contributed by atoms with Crippen LogP contribution >= 0.6 is 0 Å². The number of carbonyl (C=O) groups excluding carboxylic acids is 4. The number of amides is 4. The highest BCUT2D eigenvalue weighted by Gasteiger charge is 2.32. The molecule has 4 atom stereocenters. The van der Waals surface area contributed by atoms with Gasteiger partial charge in [-0.3, -0.25) is 19.2 Å². The van der Waals surface area contributed by atoms with Gasteiger partial charge in [0.1, 0.15) is 18.1 Å². The maximum atomic E-state index is 13.4. The van der Waals surface area contributed by atoms with Gasteiger partial charge in [0.2, 0.25) is 23.6 Å². The summed E-state index contributed by atoms with van der Waals surface area (Å²) in [6.45, 7) is 3.28. The molecule has 3 aromatic rings. The number of hydrogen-bond donors (Lipinski definition) is 7. The number of benzene rings is 2. The predicted octanol–water partition coefficient (Wildman–Crippen LogP) is 0.351. The average molecular weight is 565 g/mol. The molecule has 0 saturated heterocycles. The van der Waals surface area contributed by atoms with E-state index in [1.54, 1.807) is 44.3 Å². The lowest BCUT2D eigenvalue weighted by atomic mass is 10.0. The van der Waals surface area contributed by atoms with Crippen LogP contribution in [0.4, 0.5) is 0 Å². The molecule has 41 heavy (non-hydrogen) atoms. The molecule has 12 nitrogen and oxygen atoms in total. The van der Waals surface area contributed by atoms with Crippen molar-refractivity contribution in [3.05, 3.63) is 71.9 Å². The lowest BCUT2D eigenvalue weighted by Gasteiger charge is -2.25. The van der Waals surface area contributed by atoms with E-state index in [0.29, 0.717) is 5.56 Å². The Bertz CT molecular complexity index is 1390. The number of hydrogen-bond acceptors (Lipinski definition) is 6. The molecule has 4 amide bonds. The highest BCUT2D eigenvalue weighted by Crippen LogP contribution is 2.19. The fourth-order valence-electron chi connectivity index (χ4n) is 4.42. The first-order valence-electron chi connectivity index (χ1n) is 13.2. The number of nitrogens with two attached hydrogens (primary N) is 2. The molecular weight excluding hydrogens is 528 g/mol. The van der Waals surface area contributed by atoms with Crippen molar-refractivity contribution in [2.45, 2.75) is 57.3 Å². The topological polar surface area (TPSA) is 210 Å². The van der Waals surface area contributed by atoms with E-state index in [1.165, 1.54) is 0 Å². The molecule has 0 bridgehead atoms. The number of H-pyrrole nitrogens is 1. The number of aromatic nitrogens is 1. The Labute approximate surface area is 237 Å². The number of carboxylic acid groups (broad SMARTS) is 1. The van der Waals surface area contributed by atoms with Gasteiger partial charge in [0.15, 0.2) is 0 Å². The van der Waals surface area contributed by atoms with E-state index < -0.39 is 66.1 Å². The second kappa shape index (κ2) is 14.1. The van der Waals surface area contributed by atoms with Gasteiger partial charge < -0.3 is 37.5 Å². The maximum absolute atomic E-state index is 13.4. The molecule has 0 aliphatic heterocycles. The minimum absolute atomic E-state index is 0.00319. The molecule has 9 N–H and O–H groups in total. The van der Waals surface area contributed by atoms with Crippen molar-refractivity contribution in [1.29, 1.82) is 0 Å². The molecule has 0 spiro atoms. The van der Waals surface area contributed by atoms with Crippen LogP contribution in [0.25, 0.3) is 10.9 Å². The second-order valence-electron chi connectivity index (χ2n) is 10.2. The third kappa shape index (κ3) is 8.64. The van der Waals surface area contributed by atoms with E-state index >= 15 is 0 Å². The fraction of sp³-hybridized carbons (Fsp3) is 0.345. The molecule has 0 radical (unpaired) electrons. The van der Waals surface area contributed by atoms with Crippen molar-refractivity contribution in [3.8, 4) is 0 Å². The number of fused-ring (bicyclic) bond motifs is 1. The van der Waals surface area contributed by atoms with Crippen LogP contribution in [0.15, 0.2) is 60.8 Å². The molecule has 218 valence electrons. The summed E-state index contributed by atoms with van der Waals surface area (Å²) >= 11 is 0. The summed E-state index contributed by atoms with van der Waals surface area (Å²) in [5.41, 5.74) is 13.7. The summed E-state index contributed by atoms with van der Waals surface area (Å²) in [5, 5.41) is 17.9. The number of aliphatic carboxylic acids is 1. The Morgan fingerprint density at radius 3 is 2.07 bits per heavy atom. The number of carboxylic acids is 1. The molecule has 1 aromatic heterocycles. The van der Waals surface area contributed by atoms with Crippen LogP contribution in [-0.4, -0.2) is 63.9 Å². The minimum Gasteiger partial charge on any atom is -0.480 e. The van der Waals surface area contributed by atoms with Crippen molar-refractivity contribution in [2.75, 3.05) is 0 Å². The monoisotopic (exact) mass is 564 g/mol. The molecule has 0 fully saturated rings.